The van der Waals surface area contributed by atoms with Crippen molar-refractivity contribution in [3.05, 3.63) is 34.5 Å². The second kappa shape index (κ2) is 10.1. The summed E-state index contributed by atoms with van der Waals surface area (Å²) in [5.74, 6) is 0.107. The number of hydrogen-bond donors (Lipinski definition) is 0. The number of carbonyl (C=O) groups is 1. The minimum atomic E-state index is -0.193. The minimum Gasteiger partial charge on any atom is -0.479 e. The molecule has 0 aliphatic carbocycles. The van der Waals surface area contributed by atoms with Gasteiger partial charge in [0, 0.05) is 39.4 Å². The molecule has 1 fully saturated rings. The van der Waals surface area contributed by atoms with E-state index in [4.69, 9.17) is 26.1 Å². The smallest absolute Gasteiger partial charge is 0.267 e. The topological polar surface area (TPSA) is 72.7 Å². The van der Waals surface area contributed by atoms with Gasteiger partial charge in [0.05, 0.1) is 35.6 Å². The summed E-state index contributed by atoms with van der Waals surface area (Å²) < 4.78 is 13.2. The Bertz CT molecular complexity index is 1030. The number of aromatic nitrogens is 3. The van der Waals surface area contributed by atoms with Crippen LogP contribution in [0.3, 0.4) is 0 Å². The number of rotatable bonds is 6. The third kappa shape index (κ3) is 4.96. The van der Waals surface area contributed by atoms with E-state index in [2.05, 4.69) is 10.00 Å². The fraction of sp³-hybridized carbons (Fsp3) is 0.450. The fourth-order valence-corrected chi connectivity index (χ4v) is 4.81. The van der Waals surface area contributed by atoms with Gasteiger partial charge in [0.2, 0.25) is 5.88 Å². The van der Waals surface area contributed by atoms with Gasteiger partial charge in [-0.1, -0.05) is 29.0 Å². The zero-order valence-corrected chi connectivity index (χ0v) is 20.0. The normalized spacial score (nSPS) is 14.5. The molecule has 1 amide bonds. The van der Waals surface area contributed by atoms with E-state index in [1.807, 2.05) is 19.1 Å². The first-order valence-electron chi connectivity index (χ1n) is 9.73. The van der Waals surface area contributed by atoms with E-state index in [0.717, 1.165) is 35.4 Å². The number of benzene rings is 1. The Hall–Kier alpha value is -1.91. The van der Waals surface area contributed by atoms with Crippen LogP contribution in [0.1, 0.15) is 15.9 Å². The van der Waals surface area contributed by atoms with Crippen LogP contribution in [-0.4, -0.2) is 72.1 Å². The van der Waals surface area contributed by atoms with Crippen LogP contribution in [0, 0.1) is 6.92 Å². The molecule has 0 bridgehead atoms. The number of fused-ring (bicyclic) bond motifs is 1. The van der Waals surface area contributed by atoms with Crippen LogP contribution < -0.4 is 9.64 Å². The maximum absolute atomic E-state index is 13.5. The predicted molar refractivity (Wildman–Crippen MR) is 125 cm³/mol. The van der Waals surface area contributed by atoms with Gasteiger partial charge in [-0.15, -0.1) is 17.5 Å². The maximum atomic E-state index is 13.5. The zero-order valence-electron chi connectivity index (χ0n) is 17.6. The van der Waals surface area contributed by atoms with Gasteiger partial charge >= 0.3 is 0 Å². The van der Waals surface area contributed by atoms with E-state index in [-0.39, 0.29) is 18.3 Å². The van der Waals surface area contributed by atoms with Crippen molar-refractivity contribution < 1.29 is 14.3 Å². The average molecular weight is 486 g/mol. The lowest BCUT2D eigenvalue weighted by molar-refractivity contribution is 0.0391. The van der Waals surface area contributed by atoms with Gasteiger partial charge in [-0.25, -0.2) is 4.98 Å². The number of thiazole rings is 1. The number of hydrogen-bond acceptors (Lipinski definition) is 7. The lowest BCUT2D eigenvalue weighted by atomic mass is 10.2. The number of methoxy groups -OCH3 is 1. The molecule has 1 aliphatic rings. The molecule has 1 aliphatic heterocycles. The van der Waals surface area contributed by atoms with Crippen LogP contribution in [0.25, 0.3) is 10.2 Å². The molecule has 168 valence electrons. The Morgan fingerprint density at radius 3 is 2.77 bits per heavy atom. The van der Waals surface area contributed by atoms with Crippen molar-refractivity contribution in [1.82, 2.24) is 19.7 Å². The highest BCUT2D eigenvalue weighted by Gasteiger charge is 2.27. The molecule has 0 spiro atoms. The summed E-state index contributed by atoms with van der Waals surface area (Å²) in [6.07, 6.45) is 1.68. The van der Waals surface area contributed by atoms with Crippen molar-refractivity contribution in [2.24, 2.45) is 7.05 Å². The van der Waals surface area contributed by atoms with Crippen molar-refractivity contribution in [3.8, 4) is 5.88 Å². The quantitative estimate of drug-likeness (QED) is 0.532. The lowest BCUT2D eigenvalue weighted by Gasteiger charge is -2.29. The van der Waals surface area contributed by atoms with Crippen LogP contribution in [0.4, 0.5) is 5.13 Å². The van der Waals surface area contributed by atoms with Crippen LogP contribution in [0.2, 0.25) is 5.02 Å². The number of ether oxygens (including phenoxy) is 2. The highest BCUT2D eigenvalue weighted by molar-refractivity contribution is 7.23. The van der Waals surface area contributed by atoms with E-state index in [0.29, 0.717) is 41.4 Å². The molecule has 0 atom stereocenters. The van der Waals surface area contributed by atoms with Crippen LogP contribution in [0.15, 0.2) is 18.3 Å². The molecule has 8 nitrogen and oxygen atoms in total. The molecule has 0 radical (unpaired) electrons. The maximum Gasteiger partial charge on any atom is 0.267 e. The molecule has 4 rings (SSSR count). The summed E-state index contributed by atoms with van der Waals surface area (Å²) in [4.78, 5) is 22.3. The molecule has 2 aromatic heterocycles. The van der Waals surface area contributed by atoms with E-state index in [1.54, 1.807) is 22.8 Å². The van der Waals surface area contributed by atoms with Crippen molar-refractivity contribution in [3.63, 3.8) is 0 Å². The minimum absolute atomic E-state index is 0. The Kier molecular flexibility index (Phi) is 7.77. The molecule has 3 aromatic rings. The number of halogens is 2. The summed E-state index contributed by atoms with van der Waals surface area (Å²) in [6, 6.07) is 3.81. The van der Waals surface area contributed by atoms with E-state index >= 15 is 0 Å². The fourth-order valence-electron chi connectivity index (χ4n) is 3.47. The number of morpholine rings is 1. The van der Waals surface area contributed by atoms with Gasteiger partial charge in [-0.2, -0.15) is 0 Å². The molecule has 0 unspecified atom stereocenters. The van der Waals surface area contributed by atoms with E-state index < -0.39 is 0 Å². The molecule has 0 N–H and O–H groups in total. The second-order valence-corrected chi connectivity index (χ2v) is 8.56. The highest BCUT2D eigenvalue weighted by Crippen LogP contribution is 2.36. The first kappa shape index (κ1) is 23.7. The Morgan fingerprint density at radius 1 is 1.35 bits per heavy atom. The Morgan fingerprint density at radius 2 is 2.10 bits per heavy atom. The van der Waals surface area contributed by atoms with Crippen LogP contribution in [-0.2, 0) is 11.8 Å². The molecule has 3 heterocycles. The monoisotopic (exact) mass is 485 g/mol. The van der Waals surface area contributed by atoms with Crippen LogP contribution in [0.5, 0.6) is 5.88 Å². The molecular weight excluding hydrogens is 461 g/mol. The number of anilines is 1. The third-order valence-corrected chi connectivity index (χ3v) is 6.66. The van der Waals surface area contributed by atoms with Crippen molar-refractivity contribution in [1.29, 1.82) is 0 Å². The Labute approximate surface area is 196 Å². The summed E-state index contributed by atoms with van der Waals surface area (Å²) in [5.41, 5.74) is 2.25. The molecule has 1 aromatic carbocycles. The summed E-state index contributed by atoms with van der Waals surface area (Å²) in [6.45, 7) is 6.33. The standard InChI is InChI=1S/C20H24ClN5O3S.ClH/c1-13-4-5-15(21)17-16(13)22-20(30-17)26(7-6-25-8-10-29-11-9-25)19(27)14-12-24(2)23-18(14)28-3;/h4-5,12H,6-11H2,1-3H3;1H. The third-order valence-electron chi connectivity index (χ3n) is 5.12. The van der Waals surface area contributed by atoms with Crippen molar-refractivity contribution >= 4 is 56.6 Å². The molecule has 11 heteroatoms. The average Bonchev–Trinajstić information content (AvgIpc) is 3.36. The van der Waals surface area contributed by atoms with Gasteiger partial charge in [-0.3, -0.25) is 19.3 Å². The van der Waals surface area contributed by atoms with Crippen LogP contribution >= 0.6 is 35.3 Å². The number of nitrogens with zero attached hydrogens (tertiary/aromatic N) is 5. The predicted octanol–water partition coefficient (Wildman–Crippen LogP) is 3.40. The summed E-state index contributed by atoms with van der Waals surface area (Å²) in [7, 11) is 3.27. The largest absolute Gasteiger partial charge is 0.479 e. The number of aryl methyl sites for hydroxylation is 2. The molecule has 31 heavy (non-hydrogen) atoms. The Balaban J connectivity index is 0.00000272. The van der Waals surface area contributed by atoms with Gasteiger partial charge in [-0.05, 0) is 18.6 Å². The first-order valence-corrected chi connectivity index (χ1v) is 10.9. The van der Waals surface area contributed by atoms with Gasteiger partial charge < -0.3 is 9.47 Å². The number of amides is 1. The second-order valence-electron chi connectivity index (χ2n) is 7.17. The molecule has 0 saturated carbocycles. The molecule has 1 saturated heterocycles. The van der Waals surface area contributed by atoms with Gasteiger partial charge in [0.15, 0.2) is 5.13 Å². The SMILES string of the molecule is COc1nn(C)cc1C(=O)N(CCN1CCOCC1)c1nc2c(C)ccc(Cl)c2s1.Cl. The first-order chi connectivity index (χ1) is 14.5. The van der Waals surface area contributed by atoms with Gasteiger partial charge in [0.1, 0.15) is 5.56 Å². The highest BCUT2D eigenvalue weighted by atomic mass is 35.5. The van der Waals surface area contributed by atoms with E-state index in [9.17, 15) is 4.79 Å². The lowest BCUT2D eigenvalue weighted by Crippen LogP contribution is -2.43. The van der Waals surface area contributed by atoms with Crippen molar-refractivity contribution in [2.45, 2.75) is 6.92 Å². The van der Waals surface area contributed by atoms with E-state index in [1.165, 1.54) is 18.4 Å². The van der Waals surface area contributed by atoms with Gasteiger partial charge in [0.25, 0.3) is 5.91 Å². The number of carbonyl (C=O) groups excluding carboxylic acids is 1. The summed E-state index contributed by atoms with van der Waals surface area (Å²) >= 11 is 7.83. The molecular formula is C20H25Cl2N5O3S. The summed E-state index contributed by atoms with van der Waals surface area (Å²) in [5, 5.41) is 5.48. The zero-order chi connectivity index (χ0) is 21.3. The van der Waals surface area contributed by atoms with Crippen molar-refractivity contribution in [2.75, 3.05) is 51.4 Å².